The number of aromatic nitrogens is 5. The van der Waals surface area contributed by atoms with Crippen LogP contribution in [-0.4, -0.2) is 43.7 Å². The fourth-order valence-electron chi connectivity index (χ4n) is 4.77. The van der Waals surface area contributed by atoms with E-state index in [4.69, 9.17) is 4.98 Å². The second-order valence-corrected chi connectivity index (χ2v) is 9.62. The number of anilines is 1. The summed E-state index contributed by atoms with van der Waals surface area (Å²) in [5.74, 6) is 0.557. The van der Waals surface area contributed by atoms with Gasteiger partial charge in [-0.2, -0.15) is 15.3 Å². The van der Waals surface area contributed by atoms with Gasteiger partial charge in [0.15, 0.2) is 5.65 Å². The number of nitrogens with zero attached hydrogens (tertiary/aromatic N) is 6. The first-order chi connectivity index (χ1) is 16.4. The second-order valence-electron chi connectivity index (χ2n) is 8.87. The van der Waals surface area contributed by atoms with Crippen LogP contribution in [0.5, 0.6) is 0 Å². The molecule has 3 heterocycles. The van der Waals surface area contributed by atoms with Crippen molar-refractivity contribution in [3.63, 3.8) is 0 Å². The van der Waals surface area contributed by atoms with Crippen molar-refractivity contribution in [3.05, 3.63) is 46.8 Å². The monoisotopic (exact) mass is 518 g/mol. The highest BCUT2D eigenvalue weighted by atomic mass is 79.9. The molecule has 0 unspecified atom stereocenters. The van der Waals surface area contributed by atoms with Gasteiger partial charge in [-0.05, 0) is 59.0 Å². The molecule has 34 heavy (non-hydrogen) atoms. The Morgan fingerprint density at radius 1 is 1.38 bits per heavy atom. The summed E-state index contributed by atoms with van der Waals surface area (Å²) in [7, 11) is 1.68. The third-order valence-corrected chi connectivity index (χ3v) is 7.10. The lowest BCUT2D eigenvalue weighted by Gasteiger charge is -2.22. The van der Waals surface area contributed by atoms with Gasteiger partial charge in [-0.3, -0.25) is 9.78 Å². The zero-order valence-electron chi connectivity index (χ0n) is 18.8. The van der Waals surface area contributed by atoms with Crippen LogP contribution in [0.25, 0.3) is 27.6 Å². The molecule has 9 nitrogen and oxygen atoms in total. The Kier molecular flexibility index (Phi) is 5.65. The summed E-state index contributed by atoms with van der Waals surface area (Å²) in [4.78, 5) is 26.0. The highest BCUT2D eigenvalue weighted by Gasteiger charge is 2.40. The number of fused-ring (bicyclic) bond motifs is 2. The number of rotatable bonds is 5. The van der Waals surface area contributed by atoms with Gasteiger partial charge in [-0.25, -0.2) is 9.67 Å². The molecule has 10 heteroatoms. The summed E-state index contributed by atoms with van der Waals surface area (Å²) >= 11 is 3.52. The summed E-state index contributed by atoms with van der Waals surface area (Å²) in [5.41, 5.74) is 2.68. The summed E-state index contributed by atoms with van der Waals surface area (Å²) in [6, 6.07) is 10.1. The Balaban J connectivity index is 1.52. The van der Waals surface area contributed by atoms with Crippen LogP contribution in [0.1, 0.15) is 31.7 Å². The van der Waals surface area contributed by atoms with Crippen LogP contribution in [0.4, 0.5) is 5.95 Å². The van der Waals surface area contributed by atoms with Crippen molar-refractivity contribution in [1.29, 1.82) is 5.26 Å². The van der Waals surface area contributed by atoms with Crippen molar-refractivity contribution < 1.29 is 4.79 Å². The van der Waals surface area contributed by atoms with Crippen molar-refractivity contribution in [2.24, 2.45) is 5.41 Å². The van der Waals surface area contributed by atoms with Gasteiger partial charge >= 0.3 is 0 Å². The molecule has 5 rings (SSSR count). The van der Waals surface area contributed by atoms with Gasteiger partial charge in [-0.15, -0.1) is 0 Å². The molecule has 1 fully saturated rings. The molecule has 3 aromatic heterocycles. The third kappa shape index (κ3) is 3.86. The topological polar surface area (TPSA) is 121 Å². The molecule has 1 aliphatic rings. The number of hydrogen-bond acceptors (Lipinski definition) is 7. The molecule has 0 spiro atoms. The number of carbonyl (C=O) groups is 1. The first kappa shape index (κ1) is 22.2. The van der Waals surface area contributed by atoms with Gasteiger partial charge in [0, 0.05) is 36.3 Å². The van der Waals surface area contributed by atoms with E-state index in [-0.39, 0.29) is 18.4 Å². The van der Waals surface area contributed by atoms with E-state index in [2.05, 4.69) is 47.7 Å². The Morgan fingerprint density at radius 3 is 3.03 bits per heavy atom. The minimum atomic E-state index is -0.391. The van der Waals surface area contributed by atoms with E-state index in [1.807, 2.05) is 31.2 Å². The zero-order valence-corrected chi connectivity index (χ0v) is 20.4. The summed E-state index contributed by atoms with van der Waals surface area (Å²) in [6.07, 6.45) is 6.10. The Bertz CT molecular complexity index is 1460. The van der Waals surface area contributed by atoms with Crippen LogP contribution >= 0.6 is 15.9 Å². The summed E-state index contributed by atoms with van der Waals surface area (Å²) < 4.78 is 2.39. The van der Waals surface area contributed by atoms with Gasteiger partial charge in [0.2, 0.25) is 11.9 Å². The van der Waals surface area contributed by atoms with E-state index < -0.39 is 5.41 Å². The van der Waals surface area contributed by atoms with Crippen LogP contribution in [0.3, 0.4) is 0 Å². The first-order valence-corrected chi connectivity index (χ1v) is 11.9. The maximum absolute atomic E-state index is 12.3. The Morgan fingerprint density at radius 2 is 2.24 bits per heavy atom. The fourth-order valence-corrected chi connectivity index (χ4v) is 5.20. The minimum Gasteiger partial charge on any atom is -0.359 e. The normalized spacial score (nSPS) is 19.9. The average Bonchev–Trinajstić information content (AvgIpc) is 3.38. The molecule has 1 amide bonds. The largest absolute Gasteiger partial charge is 0.359 e. The molecule has 0 aliphatic heterocycles. The quantitative estimate of drug-likeness (QED) is 0.410. The lowest BCUT2D eigenvalue weighted by molar-refractivity contribution is -0.129. The molecular formula is C24H23BrN8O. The number of halogens is 1. The van der Waals surface area contributed by atoms with Crippen molar-refractivity contribution in [3.8, 4) is 11.8 Å². The highest BCUT2D eigenvalue weighted by Crippen LogP contribution is 2.39. The first-order valence-electron chi connectivity index (χ1n) is 11.1. The number of nitriles is 1. The number of hydrogen-bond donors (Lipinski definition) is 2. The van der Waals surface area contributed by atoms with Gasteiger partial charge in [0.25, 0.3) is 0 Å². The molecule has 0 radical (unpaired) electrons. The van der Waals surface area contributed by atoms with E-state index in [1.54, 1.807) is 24.1 Å². The van der Waals surface area contributed by atoms with Gasteiger partial charge < -0.3 is 10.6 Å². The zero-order chi connectivity index (χ0) is 23.9. The predicted molar refractivity (Wildman–Crippen MR) is 132 cm³/mol. The van der Waals surface area contributed by atoms with Crippen molar-refractivity contribution >= 4 is 49.7 Å². The predicted octanol–water partition coefficient (Wildman–Crippen LogP) is 3.91. The molecular weight excluding hydrogens is 496 g/mol. The molecule has 172 valence electrons. The van der Waals surface area contributed by atoms with Crippen LogP contribution in [0.2, 0.25) is 0 Å². The number of nitrogens with one attached hydrogen (secondary N) is 2. The van der Waals surface area contributed by atoms with E-state index in [0.29, 0.717) is 22.6 Å². The van der Waals surface area contributed by atoms with Crippen molar-refractivity contribution in [1.82, 2.24) is 30.0 Å². The van der Waals surface area contributed by atoms with Gasteiger partial charge in [0.1, 0.15) is 4.60 Å². The fraction of sp³-hybridized carbons (Fsp3) is 0.333. The maximum atomic E-state index is 12.3. The van der Waals surface area contributed by atoms with Crippen LogP contribution in [0.15, 0.2) is 41.3 Å². The van der Waals surface area contributed by atoms with E-state index in [0.717, 1.165) is 40.4 Å². The number of benzene rings is 1. The molecule has 4 aromatic rings. The lowest BCUT2D eigenvalue weighted by atomic mass is 9.87. The number of carbonyl (C=O) groups excluding carboxylic acids is 1. The highest BCUT2D eigenvalue weighted by molar-refractivity contribution is 9.10. The minimum absolute atomic E-state index is 0.0640. The van der Waals surface area contributed by atoms with Crippen molar-refractivity contribution in [2.75, 3.05) is 12.4 Å². The van der Waals surface area contributed by atoms with E-state index in [1.165, 1.54) is 0 Å². The lowest BCUT2D eigenvalue weighted by Crippen LogP contribution is -2.35. The molecule has 1 aliphatic carbocycles. The summed E-state index contributed by atoms with van der Waals surface area (Å²) in [5, 5.41) is 21.8. The number of amides is 1. The molecule has 0 bridgehead atoms. The maximum Gasteiger partial charge on any atom is 0.225 e. The molecule has 2 atom stereocenters. The smallest absolute Gasteiger partial charge is 0.225 e. The van der Waals surface area contributed by atoms with Gasteiger partial charge in [-0.1, -0.05) is 13.0 Å². The van der Waals surface area contributed by atoms with Crippen LogP contribution in [0, 0.1) is 16.7 Å². The Labute approximate surface area is 204 Å². The van der Waals surface area contributed by atoms with Crippen LogP contribution in [-0.2, 0) is 11.2 Å². The number of pyridine rings is 1. The second kappa shape index (κ2) is 8.65. The Hall–Kier alpha value is -3.58. The third-order valence-electron chi connectivity index (χ3n) is 6.51. The van der Waals surface area contributed by atoms with E-state index >= 15 is 0 Å². The van der Waals surface area contributed by atoms with E-state index in [9.17, 15) is 10.1 Å². The summed E-state index contributed by atoms with van der Waals surface area (Å²) in [6.45, 7) is 2.00. The molecule has 0 saturated heterocycles. The molecule has 1 saturated carbocycles. The molecule has 1 aromatic carbocycles. The van der Waals surface area contributed by atoms with Gasteiger partial charge in [0.05, 0.1) is 29.1 Å². The molecule has 2 N–H and O–H groups in total. The van der Waals surface area contributed by atoms with Crippen LogP contribution < -0.4 is 10.6 Å². The standard InChI is InChI=1S/C24H23BrN8O/c1-24(22(34)27-2)7-5-16(12-24)30-23-29-13-18-20(25)32-33(21(18)31-23)17-10-14-4-3-9-28-19(14)15(11-17)6-8-26/h3-4,9-11,13,16H,5-7,12H2,1-2H3,(H,27,34)(H,29,30,31)/t16-,24-/m1/s1. The average molecular weight is 519 g/mol. The SMILES string of the molecule is CNC(=O)[C@]1(C)CC[C@@H](Nc2ncc3c(Br)nn(-c4cc(CC#N)c5ncccc5c4)c3n2)C1. The van der Waals surface area contributed by atoms with Crippen molar-refractivity contribution in [2.45, 2.75) is 38.6 Å².